The Bertz CT molecular complexity index is 1050. The zero-order valence-corrected chi connectivity index (χ0v) is 18.7. The van der Waals surface area contributed by atoms with Crippen molar-refractivity contribution in [3.8, 4) is 0 Å². The van der Waals surface area contributed by atoms with Gasteiger partial charge in [-0.2, -0.15) is 0 Å². The number of carbonyl (C=O) groups is 2. The minimum atomic E-state index is -0.202. The van der Waals surface area contributed by atoms with Gasteiger partial charge in [0.25, 0.3) is 0 Å². The molecule has 3 aromatic carbocycles. The molecule has 0 aliphatic rings. The van der Waals surface area contributed by atoms with E-state index in [-0.39, 0.29) is 11.8 Å². The van der Waals surface area contributed by atoms with Gasteiger partial charge < -0.3 is 10.6 Å². The summed E-state index contributed by atoms with van der Waals surface area (Å²) in [5.41, 5.74) is 3.49. The molecule has 0 unspecified atom stereocenters. The number of hydrogen-bond acceptors (Lipinski definition) is 2. The summed E-state index contributed by atoms with van der Waals surface area (Å²) >= 11 is 12.1. The Hall–Kier alpha value is -3.34. The first-order valence-corrected chi connectivity index (χ1v) is 10.8. The summed E-state index contributed by atoms with van der Waals surface area (Å²) in [6.45, 7) is 0.803. The molecule has 0 aliphatic carbocycles. The van der Waals surface area contributed by atoms with E-state index in [9.17, 15) is 9.59 Å². The van der Waals surface area contributed by atoms with Crippen LogP contribution >= 0.6 is 23.2 Å². The maximum absolute atomic E-state index is 12.0. The van der Waals surface area contributed by atoms with E-state index < -0.39 is 0 Å². The van der Waals surface area contributed by atoms with Gasteiger partial charge in [0.15, 0.2) is 0 Å². The average molecular weight is 465 g/mol. The Labute approximate surface area is 197 Å². The van der Waals surface area contributed by atoms with E-state index in [0.717, 1.165) is 22.3 Å². The Kier molecular flexibility index (Phi) is 8.67. The molecule has 0 aromatic heterocycles. The minimum absolute atomic E-state index is 0.202. The lowest BCUT2D eigenvalue weighted by Crippen LogP contribution is -2.21. The Balaban J connectivity index is 1.43. The van der Waals surface area contributed by atoms with E-state index in [1.807, 2.05) is 60.7 Å². The standard InChI is InChI=1S/C26H22Cl2N2O2/c27-23-7-3-1-5-21(23)13-15-25(31)29-17-19-9-11-20(12-10-19)18-30-26(32)16-14-22-6-2-4-8-24(22)28/h1-16H,17-18H2,(H,29,31)(H,30,32). The third-order valence-corrected chi connectivity index (χ3v) is 5.28. The topological polar surface area (TPSA) is 58.2 Å². The van der Waals surface area contributed by atoms with Crippen LogP contribution in [0.5, 0.6) is 0 Å². The summed E-state index contributed by atoms with van der Waals surface area (Å²) in [6.07, 6.45) is 6.29. The van der Waals surface area contributed by atoms with Gasteiger partial charge in [0.05, 0.1) is 0 Å². The van der Waals surface area contributed by atoms with Crippen molar-refractivity contribution in [1.29, 1.82) is 0 Å². The van der Waals surface area contributed by atoms with Crippen LogP contribution in [-0.4, -0.2) is 11.8 Å². The van der Waals surface area contributed by atoms with Crippen LogP contribution in [0.2, 0.25) is 10.0 Å². The number of benzene rings is 3. The number of halogens is 2. The van der Waals surface area contributed by atoms with Crippen molar-refractivity contribution in [2.75, 3.05) is 0 Å². The molecule has 2 amide bonds. The monoisotopic (exact) mass is 464 g/mol. The summed E-state index contributed by atoms with van der Waals surface area (Å²) in [6, 6.07) is 22.3. The van der Waals surface area contributed by atoms with Gasteiger partial charge in [-0.3, -0.25) is 9.59 Å². The van der Waals surface area contributed by atoms with Crippen LogP contribution < -0.4 is 10.6 Å². The highest BCUT2D eigenvalue weighted by molar-refractivity contribution is 6.32. The molecule has 0 fully saturated rings. The zero-order chi connectivity index (χ0) is 22.8. The molecule has 0 spiro atoms. The first-order valence-electron chi connectivity index (χ1n) is 10.00. The third-order valence-electron chi connectivity index (χ3n) is 4.60. The molecule has 0 atom stereocenters. The molecule has 162 valence electrons. The van der Waals surface area contributed by atoms with Crippen LogP contribution in [0.4, 0.5) is 0 Å². The van der Waals surface area contributed by atoms with Crippen LogP contribution in [0.15, 0.2) is 84.9 Å². The summed E-state index contributed by atoms with van der Waals surface area (Å²) in [4.78, 5) is 24.1. The van der Waals surface area contributed by atoms with Crippen molar-refractivity contribution in [3.63, 3.8) is 0 Å². The van der Waals surface area contributed by atoms with Crippen LogP contribution in [0.3, 0.4) is 0 Å². The smallest absolute Gasteiger partial charge is 0.244 e. The first-order chi connectivity index (χ1) is 15.5. The fourth-order valence-corrected chi connectivity index (χ4v) is 3.22. The Morgan fingerprint density at radius 1 is 0.625 bits per heavy atom. The molecule has 4 nitrogen and oxygen atoms in total. The van der Waals surface area contributed by atoms with E-state index >= 15 is 0 Å². The van der Waals surface area contributed by atoms with Gasteiger partial charge in [-0.15, -0.1) is 0 Å². The number of carbonyl (C=O) groups excluding carboxylic acids is 2. The van der Waals surface area contributed by atoms with Crippen molar-refractivity contribution in [2.45, 2.75) is 13.1 Å². The number of rotatable bonds is 8. The van der Waals surface area contributed by atoms with Crippen molar-refractivity contribution in [1.82, 2.24) is 10.6 Å². The van der Waals surface area contributed by atoms with Crippen molar-refractivity contribution >= 4 is 47.2 Å². The quantitative estimate of drug-likeness (QED) is 0.423. The lowest BCUT2D eigenvalue weighted by atomic mass is 10.1. The van der Waals surface area contributed by atoms with Crippen molar-refractivity contribution < 1.29 is 9.59 Å². The predicted molar refractivity (Wildman–Crippen MR) is 131 cm³/mol. The molecule has 6 heteroatoms. The fraction of sp³-hybridized carbons (Fsp3) is 0.0769. The largest absolute Gasteiger partial charge is 0.348 e. The number of amides is 2. The second kappa shape index (κ2) is 11.9. The zero-order valence-electron chi connectivity index (χ0n) is 17.2. The summed E-state index contributed by atoms with van der Waals surface area (Å²) in [5.74, 6) is -0.405. The lowest BCUT2D eigenvalue weighted by molar-refractivity contribution is -0.117. The van der Waals surface area contributed by atoms with Gasteiger partial charge in [0.2, 0.25) is 11.8 Å². The van der Waals surface area contributed by atoms with E-state index in [2.05, 4.69) is 10.6 Å². The molecule has 3 rings (SSSR count). The second-order valence-corrected chi connectivity index (χ2v) is 7.78. The van der Waals surface area contributed by atoms with Gasteiger partial charge in [0.1, 0.15) is 0 Å². The number of hydrogen-bond donors (Lipinski definition) is 2. The fourth-order valence-electron chi connectivity index (χ4n) is 2.82. The number of nitrogens with one attached hydrogen (secondary N) is 2. The van der Waals surface area contributed by atoms with Gasteiger partial charge in [-0.05, 0) is 46.5 Å². The SMILES string of the molecule is O=C(C=Cc1ccccc1Cl)NCc1ccc(CNC(=O)C=Cc2ccccc2Cl)cc1. The van der Waals surface area contributed by atoms with Gasteiger partial charge in [0, 0.05) is 35.3 Å². The van der Waals surface area contributed by atoms with Crippen LogP contribution in [0.1, 0.15) is 22.3 Å². The van der Waals surface area contributed by atoms with Crippen LogP contribution in [0, 0.1) is 0 Å². The van der Waals surface area contributed by atoms with Crippen molar-refractivity contribution in [2.24, 2.45) is 0 Å². The molecule has 2 N–H and O–H groups in total. The molecule has 0 saturated heterocycles. The maximum atomic E-state index is 12.0. The molecular formula is C26H22Cl2N2O2. The summed E-state index contributed by atoms with van der Waals surface area (Å²) in [7, 11) is 0. The molecule has 3 aromatic rings. The predicted octanol–water partition coefficient (Wildman–Crippen LogP) is 5.65. The normalized spacial score (nSPS) is 11.1. The van der Waals surface area contributed by atoms with E-state index in [4.69, 9.17) is 23.2 Å². The Morgan fingerprint density at radius 2 is 1.00 bits per heavy atom. The highest BCUT2D eigenvalue weighted by Gasteiger charge is 2.01. The molecule has 0 saturated carbocycles. The summed E-state index contributed by atoms with van der Waals surface area (Å²) in [5, 5.41) is 6.87. The maximum Gasteiger partial charge on any atom is 0.244 e. The molecule has 0 heterocycles. The van der Waals surface area contributed by atoms with Gasteiger partial charge >= 0.3 is 0 Å². The first kappa shape index (κ1) is 23.3. The minimum Gasteiger partial charge on any atom is -0.348 e. The summed E-state index contributed by atoms with van der Waals surface area (Å²) < 4.78 is 0. The third kappa shape index (κ3) is 7.41. The lowest BCUT2D eigenvalue weighted by Gasteiger charge is -2.06. The molecule has 0 bridgehead atoms. The average Bonchev–Trinajstić information content (AvgIpc) is 2.81. The highest BCUT2D eigenvalue weighted by atomic mass is 35.5. The highest BCUT2D eigenvalue weighted by Crippen LogP contribution is 2.17. The molecule has 32 heavy (non-hydrogen) atoms. The van der Waals surface area contributed by atoms with Crippen LogP contribution in [0.25, 0.3) is 12.2 Å². The van der Waals surface area contributed by atoms with Gasteiger partial charge in [-0.25, -0.2) is 0 Å². The van der Waals surface area contributed by atoms with E-state index in [1.165, 1.54) is 12.2 Å². The van der Waals surface area contributed by atoms with Crippen molar-refractivity contribution in [3.05, 3.63) is 117 Å². The molecular weight excluding hydrogens is 443 g/mol. The van der Waals surface area contributed by atoms with Crippen LogP contribution in [-0.2, 0) is 22.7 Å². The molecule has 0 aliphatic heterocycles. The van der Waals surface area contributed by atoms with E-state index in [1.54, 1.807) is 24.3 Å². The van der Waals surface area contributed by atoms with Gasteiger partial charge in [-0.1, -0.05) is 83.9 Å². The second-order valence-electron chi connectivity index (χ2n) is 6.96. The Morgan fingerprint density at radius 3 is 1.38 bits per heavy atom. The van der Waals surface area contributed by atoms with E-state index in [0.29, 0.717) is 23.1 Å². The molecule has 0 radical (unpaired) electrons.